The number of aliphatic imine (C=N–C) groups is 1. The number of anilines is 1. The number of nitrogens with one attached hydrogen (secondary N) is 2. The van der Waals surface area contributed by atoms with Crippen LogP contribution in [-0.2, 0) is 6.54 Å². The predicted octanol–water partition coefficient (Wildman–Crippen LogP) is 2.43. The first kappa shape index (κ1) is 19.7. The van der Waals surface area contributed by atoms with Crippen molar-refractivity contribution in [2.45, 2.75) is 32.9 Å². The number of carbonyl (C=O) groups excluding carboxylic acids is 1. The van der Waals surface area contributed by atoms with Crippen LogP contribution in [0, 0.1) is 6.92 Å². The van der Waals surface area contributed by atoms with Gasteiger partial charge >= 0.3 is 0 Å². The van der Waals surface area contributed by atoms with Gasteiger partial charge in [-0.3, -0.25) is 4.79 Å². The molecule has 3 rings (SSSR count). The molecule has 1 unspecified atom stereocenters. The second-order valence-corrected chi connectivity index (χ2v) is 7.17. The van der Waals surface area contributed by atoms with Crippen LogP contribution in [0.4, 0.5) is 5.69 Å². The Morgan fingerprint density at radius 3 is 2.54 bits per heavy atom. The predicted molar refractivity (Wildman–Crippen MR) is 115 cm³/mol. The number of hydrogen-bond acceptors (Lipinski definition) is 3. The second-order valence-electron chi connectivity index (χ2n) is 7.17. The van der Waals surface area contributed by atoms with Crippen LogP contribution >= 0.6 is 0 Å². The highest BCUT2D eigenvalue weighted by atomic mass is 16.1. The maximum absolute atomic E-state index is 11.2. The lowest BCUT2D eigenvalue weighted by atomic mass is 10.1. The topological polar surface area (TPSA) is 82.7 Å². The Kier molecular flexibility index (Phi) is 6.53. The van der Waals surface area contributed by atoms with Gasteiger partial charge in [-0.2, -0.15) is 0 Å². The standard InChI is InChI=1S/C22H29N5O/c1-3-24-22(25-14-17-6-8-18(9-7-17)21(23)28)26-19-12-13-27(15-19)20-10-4-16(2)5-11-20/h4-11,19H,3,12-15H2,1-2H3,(H2,23,28)(H2,24,25,26). The Morgan fingerprint density at radius 2 is 1.89 bits per heavy atom. The zero-order chi connectivity index (χ0) is 19.9. The summed E-state index contributed by atoms with van der Waals surface area (Å²) in [4.78, 5) is 18.3. The summed E-state index contributed by atoms with van der Waals surface area (Å²) in [6.07, 6.45) is 1.07. The number of carbonyl (C=O) groups is 1. The normalized spacial score (nSPS) is 16.9. The Balaban J connectivity index is 1.58. The third-order valence-corrected chi connectivity index (χ3v) is 4.93. The van der Waals surface area contributed by atoms with Crippen molar-refractivity contribution in [2.75, 3.05) is 24.5 Å². The van der Waals surface area contributed by atoms with Gasteiger partial charge in [0.05, 0.1) is 6.54 Å². The van der Waals surface area contributed by atoms with Crippen LogP contribution in [0.3, 0.4) is 0 Å². The monoisotopic (exact) mass is 379 g/mol. The second kappa shape index (κ2) is 9.26. The molecule has 28 heavy (non-hydrogen) atoms. The van der Waals surface area contributed by atoms with E-state index in [4.69, 9.17) is 10.7 Å². The number of nitrogens with zero attached hydrogens (tertiary/aromatic N) is 2. The lowest BCUT2D eigenvalue weighted by Gasteiger charge is -2.20. The molecular weight excluding hydrogens is 350 g/mol. The molecule has 0 radical (unpaired) electrons. The van der Waals surface area contributed by atoms with Crippen molar-refractivity contribution in [1.82, 2.24) is 10.6 Å². The van der Waals surface area contributed by atoms with Crippen LogP contribution in [0.15, 0.2) is 53.5 Å². The largest absolute Gasteiger partial charge is 0.369 e. The van der Waals surface area contributed by atoms with E-state index < -0.39 is 5.91 Å². The summed E-state index contributed by atoms with van der Waals surface area (Å²) in [6.45, 7) is 7.52. The van der Waals surface area contributed by atoms with E-state index in [0.29, 0.717) is 18.2 Å². The molecule has 6 nitrogen and oxygen atoms in total. The molecule has 1 atom stereocenters. The summed E-state index contributed by atoms with van der Waals surface area (Å²) in [5, 5.41) is 6.87. The maximum Gasteiger partial charge on any atom is 0.248 e. The molecule has 1 aliphatic heterocycles. The van der Waals surface area contributed by atoms with Gasteiger partial charge < -0.3 is 21.3 Å². The average molecular weight is 380 g/mol. The lowest BCUT2D eigenvalue weighted by molar-refractivity contribution is 0.100. The highest BCUT2D eigenvalue weighted by molar-refractivity contribution is 5.92. The molecule has 1 amide bonds. The Labute approximate surface area is 166 Å². The fourth-order valence-corrected chi connectivity index (χ4v) is 3.33. The van der Waals surface area contributed by atoms with Crippen molar-refractivity contribution in [1.29, 1.82) is 0 Å². The Hall–Kier alpha value is -3.02. The summed E-state index contributed by atoms with van der Waals surface area (Å²) in [5.74, 6) is 0.404. The molecule has 2 aromatic carbocycles. The van der Waals surface area contributed by atoms with Crippen molar-refractivity contribution in [3.05, 3.63) is 65.2 Å². The van der Waals surface area contributed by atoms with E-state index >= 15 is 0 Å². The molecule has 0 bridgehead atoms. The van der Waals surface area contributed by atoms with Gasteiger partial charge in [0.1, 0.15) is 0 Å². The van der Waals surface area contributed by atoms with Crippen LogP contribution in [0.5, 0.6) is 0 Å². The number of guanidine groups is 1. The van der Waals surface area contributed by atoms with Gasteiger partial charge in [-0.25, -0.2) is 4.99 Å². The SMILES string of the molecule is CCNC(=NCc1ccc(C(N)=O)cc1)NC1CCN(c2ccc(C)cc2)C1. The van der Waals surface area contributed by atoms with Gasteiger partial charge in [-0.05, 0) is 50.1 Å². The molecule has 4 N–H and O–H groups in total. The van der Waals surface area contributed by atoms with Crippen LogP contribution < -0.4 is 21.3 Å². The fraction of sp³-hybridized carbons (Fsp3) is 0.364. The third kappa shape index (κ3) is 5.25. The smallest absolute Gasteiger partial charge is 0.248 e. The van der Waals surface area contributed by atoms with Crippen molar-refractivity contribution in [2.24, 2.45) is 10.7 Å². The number of primary amides is 1. The van der Waals surface area contributed by atoms with E-state index in [9.17, 15) is 4.79 Å². The van der Waals surface area contributed by atoms with E-state index in [1.807, 2.05) is 12.1 Å². The Bertz CT molecular complexity index is 814. The highest BCUT2D eigenvalue weighted by Crippen LogP contribution is 2.20. The summed E-state index contributed by atoms with van der Waals surface area (Å²) in [5.41, 5.74) is 9.39. The van der Waals surface area contributed by atoms with Gasteiger partial charge in [0.2, 0.25) is 5.91 Å². The van der Waals surface area contributed by atoms with Crippen LogP contribution in [0.2, 0.25) is 0 Å². The van der Waals surface area contributed by atoms with Gasteiger partial charge in [-0.15, -0.1) is 0 Å². The minimum absolute atomic E-state index is 0.358. The molecule has 0 aliphatic carbocycles. The first-order valence-electron chi connectivity index (χ1n) is 9.80. The molecular formula is C22H29N5O. The Morgan fingerprint density at radius 1 is 1.18 bits per heavy atom. The molecule has 2 aromatic rings. The molecule has 0 saturated carbocycles. The van der Waals surface area contributed by atoms with E-state index in [-0.39, 0.29) is 0 Å². The number of aryl methyl sites for hydroxylation is 1. The molecule has 1 saturated heterocycles. The minimum atomic E-state index is -0.413. The third-order valence-electron chi connectivity index (χ3n) is 4.93. The quantitative estimate of drug-likeness (QED) is 0.532. The summed E-state index contributed by atoms with van der Waals surface area (Å²) in [7, 11) is 0. The van der Waals surface area contributed by atoms with Crippen LogP contribution in [0.1, 0.15) is 34.8 Å². The average Bonchev–Trinajstić information content (AvgIpc) is 3.15. The maximum atomic E-state index is 11.2. The molecule has 1 aliphatic rings. The number of rotatable bonds is 6. The number of benzene rings is 2. The van der Waals surface area contributed by atoms with Crippen LogP contribution in [-0.4, -0.2) is 37.5 Å². The number of nitrogens with two attached hydrogens (primary N) is 1. The molecule has 6 heteroatoms. The molecule has 148 valence electrons. The van der Waals surface area contributed by atoms with E-state index in [2.05, 4.69) is 53.6 Å². The van der Waals surface area contributed by atoms with E-state index in [1.165, 1.54) is 11.3 Å². The minimum Gasteiger partial charge on any atom is -0.369 e. The molecule has 0 aromatic heterocycles. The summed E-state index contributed by atoms with van der Waals surface area (Å²) >= 11 is 0. The number of hydrogen-bond donors (Lipinski definition) is 3. The van der Waals surface area contributed by atoms with Gasteiger partial charge in [0.15, 0.2) is 5.96 Å². The first-order chi connectivity index (χ1) is 13.5. The van der Waals surface area contributed by atoms with Gasteiger partial charge in [-0.1, -0.05) is 29.8 Å². The molecule has 1 fully saturated rings. The summed E-state index contributed by atoms with van der Waals surface area (Å²) in [6, 6.07) is 16.3. The summed E-state index contributed by atoms with van der Waals surface area (Å²) < 4.78 is 0. The highest BCUT2D eigenvalue weighted by Gasteiger charge is 2.23. The first-order valence-corrected chi connectivity index (χ1v) is 9.80. The van der Waals surface area contributed by atoms with Crippen molar-refractivity contribution in [3.63, 3.8) is 0 Å². The zero-order valence-corrected chi connectivity index (χ0v) is 16.6. The zero-order valence-electron chi connectivity index (χ0n) is 16.6. The van der Waals surface area contributed by atoms with Gasteiger partial charge in [0.25, 0.3) is 0 Å². The van der Waals surface area contributed by atoms with Crippen LogP contribution in [0.25, 0.3) is 0 Å². The van der Waals surface area contributed by atoms with Crippen molar-refractivity contribution >= 4 is 17.6 Å². The fourth-order valence-electron chi connectivity index (χ4n) is 3.33. The van der Waals surface area contributed by atoms with Crippen molar-refractivity contribution in [3.8, 4) is 0 Å². The van der Waals surface area contributed by atoms with Crippen molar-refractivity contribution < 1.29 is 4.79 Å². The van der Waals surface area contributed by atoms with E-state index in [1.54, 1.807) is 12.1 Å². The van der Waals surface area contributed by atoms with Gasteiger partial charge in [0, 0.05) is 36.9 Å². The van der Waals surface area contributed by atoms with E-state index in [0.717, 1.165) is 37.6 Å². The lowest BCUT2D eigenvalue weighted by Crippen LogP contribution is -2.44. The molecule has 1 heterocycles. The molecule has 0 spiro atoms. The number of amides is 1.